The molecule has 4 nitrogen and oxygen atoms in total. The average molecular weight is 302 g/mol. The fourth-order valence-corrected chi connectivity index (χ4v) is 3.53. The smallest absolute Gasteiger partial charge is 0.223 e. The molecule has 3 rings (SSSR count). The molecule has 22 heavy (non-hydrogen) atoms. The molecule has 2 aliphatic rings. The highest BCUT2D eigenvalue weighted by molar-refractivity contribution is 5.82. The van der Waals surface area contributed by atoms with E-state index in [-0.39, 0.29) is 17.9 Å². The van der Waals surface area contributed by atoms with E-state index in [0.717, 1.165) is 38.1 Å². The fourth-order valence-electron chi connectivity index (χ4n) is 3.53. The summed E-state index contributed by atoms with van der Waals surface area (Å²) in [6.45, 7) is 6.71. The van der Waals surface area contributed by atoms with Crippen molar-refractivity contribution in [1.82, 2.24) is 10.6 Å². The first-order valence-corrected chi connectivity index (χ1v) is 8.31. The molecule has 2 unspecified atom stereocenters. The lowest BCUT2D eigenvalue weighted by atomic mass is 9.92. The summed E-state index contributed by atoms with van der Waals surface area (Å²) in [4.78, 5) is 12.3. The number of amides is 1. The number of rotatable bonds is 5. The van der Waals surface area contributed by atoms with Crippen molar-refractivity contribution in [2.75, 3.05) is 19.6 Å². The Morgan fingerprint density at radius 3 is 2.95 bits per heavy atom. The first-order valence-electron chi connectivity index (χ1n) is 8.31. The summed E-state index contributed by atoms with van der Waals surface area (Å²) < 4.78 is 5.86. The fraction of sp³-hybridized carbons (Fsp3) is 0.611. The Morgan fingerprint density at radius 1 is 1.45 bits per heavy atom. The predicted octanol–water partition coefficient (Wildman–Crippen LogP) is 2.27. The van der Waals surface area contributed by atoms with Gasteiger partial charge in [-0.15, -0.1) is 0 Å². The van der Waals surface area contributed by atoms with Gasteiger partial charge in [0, 0.05) is 5.92 Å². The normalized spacial score (nSPS) is 23.8. The number of benzene rings is 1. The Kier molecular flexibility index (Phi) is 4.39. The number of hydrogen-bond acceptors (Lipinski definition) is 3. The molecule has 4 heteroatoms. The number of carbonyl (C=O) groups is 1. The van der Waals surface area contributed by atoms with Crippen LogP contribution in [0.3, 0.4) is 0 Å². The molecular weight excluding hydrogens is 276 g/mol. The van der Waals surface area contributed by atoms with Crippen LogP contribution in [0, 0.1) is 18.3 Å². The Morgan fingerprint density at radius 2 is 2.23 bits per heavy atom. The highest BCUT2D eigenvalue weighted by Gasteiger charge is 2.57. The molecule has 0 radical (unpaired) electrons. The number of hydrogen-bond donors (Lipinski definition) is 2. The SMILES string of the molecule is Cc1cccc(OC(C)CNC(=O)C2CC23CCNCC3)c1. The molecule has 0 bridgehead atoms. The van der Waals surface area contributed by atoms with E-state index < -0.39 is 0 Å². The Labute approximate surface area is 132 Å². The van der Waals surface area contributed by atoms with Gasteiger partial charge in [-0.3, -0.25) is 4.79 Å². The summed E-state index contributed by atoms with van der Waals surface area (Å²) in [5, 5.41) is 6.44. The third-order valence-corrected chi connectivity index (χ3v) is 5.00. The van der Waals surface area contributed by atoms with Crippen molar-refractivity contribution < 1.29 is 9.53 Å². The molecule has 1 spiro atoms. The maximum atomic E-state index is 12.3. The summed E-state index contributed by atoms with van der Waals surface area (Å²) in [6, 6.07) is 8.01. The van der Waals surface area contributed by atoms with Crippen LogP contribution in [0.5, 0.6) is 5.75 Å². The van der Waals surface area contributed by atoms with Gasteiger partial charge in [-0.2, -0.15) is 0 Å². The summed E-state index contributed by atoms with van der Waals surface area (Å²) in [6.07, 6.45) is 3.32. The van der Waals surface area contributed by atoms with Gasteiger partial charge in [0.15, 0.2) is 0 Å². The first-order chi connectivity index (χ1) is 10.6. The van der Waals surface area contributed by atoms with E-state index in [9.17, 15) is 4.79 Å². The van der Waals surface area contributed by atoms with Crippen molar-refractivity contribution in [3.05, 3.63) is 29.8 Å². The Bertz CT molecular complexity index is 538. The van der Waals surface area contributed by atoms with Crippen molar-refractivity contribution in [1.29, 1.82) is 0 Å². The zero-order valence-electron chi connectivity index (χ0n) is 13.5. The second kappa shape index (κ2) is 6.29. The number of nitrogens with one attached hydrogen (secondary N) is 2. The lowest BCUT2D eigenvalue weighted by Gasteiger charge is -2.23. The van der Waals surface area contributed by atoms with Crippen LogP contribution in [-0.4, -0.2) is 31.6 Å². The van der Waals surface area contributed by atoms with Crippen LogP contribution in [0.2, 0.25) is 0 Å². The van der Waals surface area contributed by atoms with Crippen molar-refractivity contribution in [2.45, 2.75) is 39.2 Å². The van der Waals surface area contributed by atoms with E-state index in [1.165, 1.54) is 5.56 Å². The maximum Gasteiger partial charge on any atom is 0.223 e. The molecule has 2 atom stereocenters. The molecule has 0 aromatic heterocycles. The minimum atomic E-state index is -0.0199. The van der Waals surface area contributed by atoms with Crippen LogP contribution in [-0.2, 0) is 4.79 Å². The molecule has 2 fully saturated rings. The van der Waals surface area contributed by atoms with E-state index in [4.69, 9.17) is 4.74 Å². The summed E-state index contributed by atoms with van der Waals surface area (Å²) >= 11 is 0. The molecule has 1 aromatic rings. The van der Waals surface area contributed by atoms with Crippen LogP contribution < -0.4 is 15.4 Å². The maximum absolute atomic E-state index is 12.3. The van der Waals surface area contributed by atoms with Gasteiger partial charge >= 0.3 is 0 Å². The largest absolute Gasteiger partial charge is 0.489 e. The number of carbonyl (C=O) groups excluding carboxylic acids is 1. The van der Waals surface area contributed by atoms with Gasteiger partial charge in [0.2, 0.25) is 5.91 Å². The molecule has 120 valence electrons. The van der Waals surface area contributed by atoms with E-state index in [1.54, 1.807) is 0 Å². The predicted molar refractivity (Wildman–Crippen MR) is 86.9 cm³/mol. The van der Waals surface area contributed by atoms with Gasteiger partial charge in [0.1, 0.15) is 11.9 Å². The van der Waals surface area contributed by atoms with Gasteiger partial charge in [-0.05, 0) is 69.3 Å². The zero-order valence-corrected chi connectivity index (χ0v) is 13.5. The molecule has 1 aliphatic heterocycles. The highest BCUT2D eigenvalue weighted by atomic mass is 16.5. The zero-order chi connectivity index (χ0) is 15.6. The first kappa shape index (κ1) is 15.3. The molecule has 1 aromatic carbocycles. The van der Waals surface area contributed by atoms with E-state index in [1.807, 2.05) is 38.1 Å². The molecule has 2 N–H and O–H groups in total. The van der Waals surface area contributed by atoms with Gasteiger partial charge in [-0.25, -0.2) is 0 Å². The molecular formula is C18H26N2O2. The van der Waals surface area contributed by atoms with Gasteiger partial charge in [0.05, 0.1) is 6.54 Å². The van der Waals surface area contributed by atoms with Gasteiger partial charge in [-0.1, -0.05) is 12.1 Å². The van der Waals surface area contributed by atoms with Crippen molar-refractivity contribution in [3.8, 4) is 5.75 Å². The van der Waals surface area contributed by atoms with Gasteiger partial charge < -0.3 is 15.4 Å². The van der Waals surface area contributed by atoms with Crippen LogP contribution in [0.25, 0.3) is 0 Å². The van der Waals surface area contributed by atoms with E-state index >= 15 is 0 Å². The number of ether oxygens (including phenoxy) is 1. The Hall–Kier alpha value is -1.55. The highest BCUT2D eigenvalue weighted by Crippen LogP contribution is 2.58. The van der Waals surface area contributed by atoms with Crippen molar-refractivity contribution in [2.24, 2.45) is 11.3 Å². The average Bonchev–Trinajstić information content (AvgIpc) is 3.19. The van der Waals surface area contributed by atoms with Crippen LogP contribution in [0.4, 0.5) is 0 Å². The van der Waals surface area contributed by atoms with Gasteiger partial charge in [0.25, 0.3) is 0 Å². The molecule has 1 saturated carbocycles. The van der Waals surface area contributed by atoms with Crippen molar-refractivity contribution >= 4 is 5.91 Å². The molecule has 1 saturated heterocycles. The monoisotopic (exact) mass is 302 g/mol. The third kappa shape index (κ3) is 3.43. The van der Waals surface area contributed by atoms with Crippen molar-refractivity contribution in [3.63, 3.8) is 0 Å². The molecule has 1 heterocycles. The second-order valence-electron chi connectivity index (χ2n) is 6.86. The van der Waals surface area contributed by atoms with Crippen LogP contribution >= 0.6 is 0 Å². The quantitative estimate of drug-likeness (QED) is 0.877. The topological polar surface area (TPSA) is 50.4 Å². The minimum absolute atomic E-state index is 0.0199. The lowest BCUT2D eigenvalue weighted by molar-refractivity contribution is -0.123. The molecule has 1 aliphatic carbocycles. The van der Waals surface area contributed by atoms with Crippen LogP contribution in [0.15, 0.2) is 24.3 Å². The summed E-state index contributed by atoms with van der Waals surface area (Å²) in [7, 11) is 0. The number of piperidine rings is 1. The number of aryl methyl sites for hydroxylation is 1. The summed E-state index contributed by atoms with van der Waals surface area (Å²) in [5.41, 5.74) is 1.48. The minimum Gasteiger partial charge on any atom is -0.489 e. The standard InChI is InChI=1S/C18H26N2O2/c1-13-4-3-5-15(10-13)22-14(2)12-20-17(21)16-11-18(16)6-8-19-9-7-18/h3-5,10,14,16,19H,6-9,11-12H2,1-2H3,(H,20,21). The summed E-state index contributed by atoms with van der Waals surface area (Å²) in [5.74, 6) is 1.30. The molecule has 1 amide bonds. The third-order valence-electron chi connectivity index (χ3n) is 5.00. The Balaban J connectivity index is 1.43. The van der Waals surface area contributed by atoms with Crippen LogP contribution in [0.1, 0.15) is 31.7 Å². The van der Waals surface area contributed by atoms with E-state index in [2.05, 4.69) is 10.6 Å². The second-order valence-corrected chi connectivity index (χ2v) is 6.86. The van der Waals surface area contributed by atoms with E-state index in [0.29, 0.717) is 12.0 Å². The lowest BCUT2D eigenvalue weighted by Crippen LogP contribution is -2.37.